The molecule has 4 heteroatoms. The van der Waals surface area contributed by atoms with Crippen molar-refractivity contribution in [2.75, 3.05) is 5.32 Å². The zero-order valence-corrected chi connectivity index (χ0v) is 15.2. The normalized spacial score (nSPS) is 25.0. The minimum absolute atomic E-state index is 0.0419. The Morgan fingerprint density at radius 1 is 1.25 bits per heavy atom. The maximum atomic E-state index is 13.1. The number of allylic oxidation sites excluding steroid dienone is 2. The highest BCUT2D eigenvalue weighted by molar-refractivity contribution is 7.10. The zero-order chi connectivity index (χ0) is 16.9. The first kappa shape index (κ1) is 15.6. The third-order valence-electron chi connectivity index (χ3n) is 5.60. The molecule has 1 N–H and O–H groups in total. The van der Waals surface area contributed by atoms with E-state index in [4.69, 9.17) is 0 Å². The molecule has 24 heavy (non-hydrogen) atoms. The van der Waals surface area contributed by atoms with Gasteiger partial charge in [-0.05, 0) is 18.4 Å². The van der Waals surface area contributed by atoms with Crippen molar-refractivity contribution in [3.05, 3.63) is 57.6 Å². The Hall–Kier alpha value is -1.94. The molecule has 2 heterocycles. The zero-order valence-electron chi connectivity index (χ0n) is 14.3. The molecule has 3 nitrogen and oxygen atoms in total. The number of hydrogen-bond acceptors (Lipinski definition) is 4. The number of Topliss-reactive ketones (excluding diaryl/α,β-unsaturated/α-hetero) is 1. The van der Waals surface area contributed by atoms with Crippen LogP contribution in [0.1, 0.15) is 50.5 Å². The van der Waals surface area contributed by atoms with Gasteiger partial charge in [0.05, 0.1) is 15.8 Å². The number of anilines is 1. The highest BCUT2D eigenvalue weighted by Crippen LogP contribution is 2.56. The van der Waals surface area contributed by atoms with Crippen LogP contribution < -0.4 is 5.32 Å². The Morgan fingerprint density at radius 2 is 2.00 bits per heavy atom. The van der Waals surface area contributed by atoms with Gasteiger partial charge in [-0.2, -0.15) is 0 Å². The molecule has 1 aliphatic carbocycles. The van der Waals surface area contributed by atoms with Crippen molar-refractivity contribution < 1.29 is 4.79 Å². The number of hydrogen-bond donors (Lipinski definition) is 1. The first-order valence-electron chi connectivity index (χ1n) is 8.55. The highest BCUT2D eigenvalue weighted by atomic mass is 32.1. The maximum absolute atomic E-state index is 13.1. The fourth-order valence-electron chi connectivity index (χ4n) is 4.25. The maximum Gasteiger partial charge on any atom is 0.161 e. The number of benzene rings is 1. The van der Waals surface area contributed by atoms with Crippen LogP contribution in [-0.2, 0) is 10.2 Å². The fraction of sp³-hybridized carbons (Fsp3) is 0.400. The number of carbonyl (C=O) groups is 1. The lowest BCUT2D eigenvalue weighted by molar-refractivity contribution is -0.117. The Labute approximate surface area is 146 Å². The van der Waals surface area contributed by atoms with Gasteiger partial charge in [-0.3, -0.25) is 4.79 Å². The van der Waals surface area contributed by atoms with Gasteiger partial charge in [0, 0.05) is 23.1 Å². The number of carbonyl (C=O) groups excluding carboxylic acids is 1. The predicted molar refractivity (Wildman–Crippen MR) is 98.3 cm³/mol. The average molecular weight is 338 g/mol. The van der Waals surface area contributed by atoms with Gasteiger partial charge in [0.25, 0.3) is 0 Å². The number of ketones is 1. The molecule has 1 aliphatic heterocycles. The number of aromatic nitrogens is 1. The molecular weight excluding hydrogens is 316 g/mol. The lowest BCUT2D eigenvalue weighted by Gasteiger charge is -2.46. The topological polar surface area (TPSA) is 42.0 Å². The van der Waals surface area contributed by atoms with Crippen molar-refractivity contribution in [1.82, 2.24) is 4.98 Å². The van der Waals surface area contributed by atoms with Crippen LogP contribution in [0.15, 0.2) is 47.1 Å². The molecule has 0 unspecified atom stereocenters. The summed E-state index contributed by atoms with van der Waals surface area (Å²) in [6, 6.07) is 10.5. The summed E-state index contributed by atoms with van der Waals surface area (Å²) in [6.45, 7) is 6.64. The van der Waals surface area contributed by atoms with Gasteiger partial charge >= 0.3 is 0 Å². The standard InChI is InChI=1S/C20H22N2OS/c1-4-20(13-8-6-5-7-9-13)15-14(23)10-11-19(2,3)16(15)22-18-17(20)24-12-21-18/h5-9,12,22H,4,10-11H2,1-3H3/t20-/m1/s1. The van der Waals surface area contributed by atoms with Crippen LogP contribution in [-0.4, -0.2) is 10.8 Å². The molecule has 2 aliphatic rings. The van der Waals surface area contributed by atoms with Crippen molar-refractivity contribution in [2.45, 2.75) is 45.4 Å². The number of rotatable bonds is 2. The van der Waals surface area contributed by atoms with Crippen LogP contribution in [0.25, 0.3) is 0 Å². The van der Waals surface area contributed by atoms with E-state index < -0.39 is 0 Å². The monoisotopic (exact) mass is 338 g/mol. The van der Waals surface area contributed by atoms with E-state index in [-0.39, 0.29) is 16.6 Å². The second-order valence-electron chi connectivity index (χ2n) is 7.34. The average Bonchev–Trinajstić information content (AvgIpc) is 3.06. The van der Waals surface area contributed by atoms with E-state index in [0.29, 0.717) is 6.42 Å². The molecule has 2 aromatic rings. The van der Waals surface area contributed by atoms with Crippen molar-refractivity contribution in [3.8, 4) is 0 Å². The molecule has 0 bridgehead atoms. The minimum Gasteiger partial charge on any atom is -0.342 e. The molecule has 0 radical (unpaired) electrons. The van der Waals surface area contributed by atoms with Gasteiger partial charge < -0.3 is 5.32 Å². The molecule has 4 rings (SSSR count). The van der Waals surface area contributed by atoms with Crippen LogP contribution in [0.3, 0.4) is 0 Å². The van der Waals surface area contributed by atoms with Gasteiger partial charge in [-0.15, -0.1) is 11.3 Å². The van der Waals surface area contributed by atoms with Crippen molar-refractivity contribution in [2.24, 2.45) is 5.41 Å². The highest BCUT2D eigenvalue weighted by Gasteiger charge is 2.51. The van der Waals surface area contributed by atoms with Crippen LogP contribution in [0, 0.1) is 5.41 Å². The van der Waals surface area contributed by atoms with E-state index in [1.165, 1.54) is 10.4 Å². The van der Waals surface area contributed by atoms with Crippen molar-refractivity contribution in [1.29, 1.82) is 0 Å². The summed E-state index contributed by atoms with van der Waals surface area (Å²) >= 11 is 1.65. The summed E-state index contributed by atoms with van der Waals surface area (Å²) in [5.74, 6) is 1.20. The van der Waals surface area contributed by atoms with E-state index in [2.05, 4.69) is 55.3 Å². The molecule has 0 amide bonds. The Kier molecular flexibility index (Phi) is 3.43. The van der Waals surface area contributed by atoms with Gasteiger partial charge in [0.2, 0.25) is 0 Å². The SMILES string of the molecule is CC[C@@]1(c2ccccc2)C2=C(Nc3ncsc31)C(C)(C)CCC2=O. The molecule has 0 spiro atoms. The van der Waals surface area contributed by atoms with E-state index in [9.17, 15) is 4.79 Å². The Bertz CT molecular complexity index is 834. The molecular formula is C20H22N2OS. The van der Waals surface area contributed by atoms with Crippen LogP contribution >= 0.6 is 11.3 Å². The van der Waals surface area contributed by atoms with Gasteiger partial charge in [0.1, 0.15) is 5.82 Å². The van der Waals surface area contributed by atoms with Gasteiger partial charge in [0.15, 0.2) is 5.78 Å². The number of nitrogens with zero attached hydrogens (tertiary/aromatic N) is 1. The number of fused-ring (bicyclic) bond motifs is 1. The van der Waals surface area contributed by atoms with Crippen molar-refractivity contribution in [3.63, 3.8) is 0 Å². The van der Waals surface area contributed by atoms with E-state index in [0.717, 1.165) is 29.9 Å². The fourth-order valence-corrected chi connectivity index (χ4v) is 5.29. The van der Waals surface area contributed by atoms with Crippen molar-refractivity contribution >= 4 is 22.9 Å². The summed E-state index contributed by atoms with van der Waals surface area (Å²) in [7, 11) is 0. The summed E-state index contributed by atoms with van der Waals surface area (Å²) in [4.78, 5) is 18.8. The summed E-state index contributed by atoms with van der Waals surface area (Å²) < 4.78 is 0. The molecule has 1 aromatic heterocycles. The quantitative estimate of drug-likeness (QED) is 0.846. The molecule has 0 saturated carbocycles. The molecule has 0 saturated heterocycles. The van der Waals surface area contributed by atoms with Crippen LogP contribution in [0.5, 0.6) is 0 Å². The lowest BCUT2D eigenvalue weighted by Crippen LogP contribution is -2.44. The Balaban J connectivity index is 2.09. The minimum atomic E-state index is -0.382. The first-order chi connectivity index (χ1) is 11.5. The number of nitrogens with one attached hydrogen (secondary N) is 1. The van der Waals surface area contributed by atoms with Gasteiger partial charge in [-0.1, -0.05) is 51.1 Å². The first-order valence-corrected chi connectivity index (χ1v) is 9.43. The second kappa shape index (κ2) is 5.28. The Morgan fingerprint density at radius 3 is 2.71 bits per heavy atom. The summed E-state index contributed by atoms with van der Waals surface area (Å²) in [6.07, 6.45) is 2.36. The molecule has 1 atom stereocenters. The van der Waals surface area contributed by atoms with E-state index in [1.807, 2.05) is 11.6 Å². The van der Waals surface area contributed by atoms with Crippen LogP contribution in [0.2, 0.25) is 0 Å². The summed E-state index contributed by atoms with van der Waals surface area (Å²) in [5.41, 5.74) is 4.69. The number of thiazole rings is 1. The second-order valence-corrected chi connectivity index (χ2v) is 8.19. The third-order valence-corrected chi connectivity index (χ3v) is 6.59. The molecule has 1 aromatic carbocycles. The third kappa shape index (κ3) is 1.95. The summed E-state index contributed by atoms with van der Waals surface area (Å²) in [5, 5.41) is 3.52. The molecule has 0 fully saturated rings. The van der Waals surface area contributed by atoms with E-state index >= 15 is 0 Å². The van der Waals surface area contributed by atoms with Crippen LogP contribution in [0.4, 0.5) is 5.82 Å². The van der Waals surface area contributed by atoms with E-state index in [1.54, 1.807) is 11.3 Å². The molecule has 124 valence electrons. The van der Waals surface area contributed by atoms with Gasteiger partial charge in [-0.25, -0.2) is 4.98 Å². The lowest BCUT2D eigenvalue weighted by atomic mass is 9.61. The predicted octanol–water partition coefficient (Wildman–Crippen LogP) is 4.91. The largest absolute Gasteiger partial charge is 0.342 e. The smallest absolute Gasteiger partial charge is 0.161 e.